The molecule has 4 nitrogen and oxygen atoms in total. The summed E-state index contributed by atoms with van der Waals surface area (Å²) >= 11 is 1.74. The van der Waals surface area contributed by atoms with Crippen molar-refractivity contribution in [3.8, 4) is 5.88 Å². The van der Waals surface area contributed by atoms with E-state index in [9.17, 15) is 0 Å². The number of rotatable bonds is 4. The number of ether oxygens (including phenoxy) is 1. The molecule has 0 fully saturated rings. The van der Waals surface area contributed by atoms with Gasteiger partial charge in [-0.2, -0.15) is 4.98 Å². The van der Waals surface area contributed by atoms with Crippen LogP contribution >= 0.6 is 11.3 Å². The highest BCUT2D eigenvalue weighted by Crippen LogP contribution is 2.26. The molecule has 0 atom stereocenters. The maximum absolute atomic E-state index is 5.96. The van der Waals surface area contributed by atoms with Crippen LogP contribution in [0.5, 0.6) is 5.88 Å². The lowest BCUT2D eigenvalue weighted by Gasteiger charge is -2.19. The third-order valence-corrected chi connectivity index (χ3v) is 3.91. The Morgan fingerprint density at radius 3 is 2.65 bits per heavy atom. The number of thiophene rings is 1. The lowest BCUT2D eigenvalue weighted by atomic mass is 9.95. The molecule has 0 aliphatic rings. The van der Waals surface area contributed by atoms with Gasteiger partial charge in [0, 0.05) is 16.7 Å². The van der Waals surface area contributed by atoms with Crippen LogP contribution in [-0.2, 0) is 11.8 Å². The zero-order valence-electron chi connectivity index (χ0n) is 12.4. The molecular formula is C15H21N3OS. The Kier molecular flexibility index (Phi) is 4.28. The fraction of sp³-hybridized carbons (Fsp3) is 0.467. The van der Waals surface area contributed by atoms with Crippen molar-refractivity contribution in [3.05, 3.63) is 33.8 Å². The minimum absolute atomic E-state index is 0.145. The van der Waals surface area contributed by atoms with Crippen molar-refractivity contribution in [1.82, 2.24) is 9.97 Å². The molecule has 2 rings (SSSR count). The van der Waals surface area contributed by atoms with Gasteiger partial charge in [-0.15, -0.1) is 11.3 Å². The van der Waals surface area contributed by atoms with Gasteiger partial charge in [0.1, 0.15) is 11.6 Å². The Labute approximate surface area is 124 Å². The summed E-state index contributed by atoms with van der Waals surface area (Å²) < 4.78 is 5.80. The van der Waals surface area contributed by atoms with Crippen molar-refractivity contribution >= 4 is 17.2 Å². The average molecular weight is 291 g/mol. The molecule has 0 aliphatic carbocycles. The SMILES string of the molecule is Cc1c(N)nc(C(C)(C)C)nc1OCCc1cccs1. The average Bonchev–Trinajstić information content (AvgIpc) is 2.86. The second-order valence-electron chi connectivity index (χ2n) is 5.79. The van der Waals surface area contributed by atoms with Crippen molar-refractivity contribution in [2.75, 3.05) is 12.3 Å². The molecule has 2 N–H and O–H groups in total. The second-order valence-corrected chi connectivity index (χ2v) is 6.82. The quantitative estimate of drug-likeness (QED) is 0.938. The molecule has 0 aromatic carbocycles. The minimum atomic E-state index is -0.145. The highest BCUT2D eigenvalue weighted by atomic mass is 32.1. The predicted octanol–water partition coefficient (Wildman–Crippen LogP) is 3.35. The van der Waals surface area contributed by atoms with Crippen LogP contribution in [0.2, 0.25) is 0 Å². The molecule has 0 spiro atoms. The molecule has 5 heteroatoms. The largest absolute Gasteiger partial charge is 0.477 e. The van der Waals surface area contributed by atoms with Crippen LogP contribution in [0.4, 0.5) is 5.82 Å². The van der Waals surface area contributed by atoms with Crippen molar-refractivity contribution in [2.45, 2.75) is 39.5 Å². The number of hydrogen-bond donors (Lipinski definition) is 1. The predicted molar refractivity (Wildman–Crippen MR) is 83.4 cm³/mol. The smallest absolute Gasteiger partial charge is 0.221 e. The molecule has 20 heavy (non-hydrogen) atoms. The van der Waals surface area contributed by atoms with Gasteiger partial charge in [-0.05, 0) is 18.4 Å². The molecule has 0 amide bonds. The van der Waals surface area contributed by atoms with Crippen LogP contribution < -0.4 is 10.5 Å². The number of nitrogen functional groups attached to an aromatic ring is 1. The lowest BCUT2D eigenvalue weighted by molar-refractivity contribution is 0.304. The molecule has 0 aliphatic heterocycles. The molecule has 0 radical (unpaired) electrons. The monoisotopic (exact) mass is 291 g/mol. The standard InChI is InChI=1S/C15H21N3OS/c1-10-12(16)17-14(15(2,3)4)18-13(10)19-8-7-11-6-5-9-20-11/h5-6,9H,7-8H2,1-4H3,(H2,16,17,18). The summed E-state index contributed by atoms with van der Waals surface area (Å²) in [7, 11) is 0. The van der Waals surface area contributed by atoms with Gasteiger partial charge in [0.25, 0.3) is 0 Å². The summed E-state index contributed by atoms with van der Waals surface area (Å²) in [6.07, 6.45) is 0.881. The summed E-state index contributed by atoms with van der Waals surface area (Å²) in [5.74, 6) is 1.81. The third kappa shape index (κ3) is 3.48. The van der Waals surface area contributed by atoms with Crippen molar-refractivity contribution in [2.24, 2.45) is 0 Å². The summed E-state index contributed by atoms with van der Waals surface area (Å²) in [5.41, 5.74) is 6.62. The number of hydrogen-bond acceptors (Lipinski definition) is 5. The maximum Gasteiger partial charge on any atom is 0.221 e. The highest BCUT2D eigenvalue weighted by Gasteiger charge is 2.20. The van der Waals surface area contributed by atoms with Crippen LogP contribution in [0, 0.1) is 6.92 Å². The second kappa shape index (κ2) is 5.79. The molecule has 0 saturated heterocycles. The molecule has 2 heterocycles. The Bertz CT molecular complexity index is 574. The zero-order chi connectivity index (χ0) is 14.8. The van der Waals surface area contributed by atoms with Gasteiger partial charge in [0.05, 0.1) is 12.2 Å². The Hall–Kier alpha value is -1.62. The van der Waals surface area contributed by atoms with E-state index in [1.54, 1.807) is 11.3 Å². The van der Waals surface area contributed by atoms with Crippen molar-refractivity contribution < 1.29 is 4.74 Å². The van der Waals surface area contributed by atoms with Crippen LogP contribution in [0.1, 0.15) is 37.0 Å². The van der Waals surface area contributed by atoms with Gasteiger partial charge in [-0.3, -0.25) is 0 Å². The van der Waals surface area contributed by atoms with Gasteiger partial charge in [0.2, 0.25) is 5.88 Å². The van der Waals surface area contributed by atoms with E-state index in [0.29, 0.717) is 24.1 Å². The highest BCUT2D eigenvalue weighted by molar-refractivity contribution is 7.09. The van der Waals surface area contributed by atoms with Gasteiger partial charge in [-0.1, -0.05) is 26.8 Å². The van der Waals surface area contributed by atoms with E-state index < -0.39 is 0 Å². The summed E-state index contributed by atoms with van der Waals surface area (Å²) in [6, 6.07) is 4.15. The van der Waals surface area contributed by atoms with Gasteiger partial charge in [0.15, 0.2) is 0 Å². The molecular weight excluding hydrogens is 270 g/mol. The first kappa shape index (κ1) is 14.8. The molecule has 0 saturated carbocycles. The maximum atomic E-state index is 5.96. The normalized spacial score (nSPS) is 11.6. The molecule has 2 aromatic rings. The first-order chi connectivity index (χ1) is 9.38. The van der Waals surface area contributed by atoms with E-state index in [4.69, 9.17) is 10.5 Å². The summed E-state index contributed by atoms with van der Waals surface area (Å²) in [6.45, 7) is 8.68. The van der Waals surface area contributed by atoms with E-state index in [1.807, 2.05) is 13.0 Å². The molecule has 2 aromatic heterocycles. The zero-order valence-corrected chi connectivity index (χ0v) is 13.3. The number of nitrogens with zero attached hydrogens (tertiary/aromatic N) is 2. The van der Waals surface area contributed by atoms with Crippen molar-refractivity contribution in [1.29, 1.82) is 0 Å². The summed E-state index contributed by atoms with van der Waals surface area (Å²) in [4.78, 5) is 10.2. The lowest BCUT2D eigenvalue weighted by Crippen LogP contribution is -2.19. The number of aromatic nitrogens is 2. The Morgan fingerprint density at radius 2 is 2.05 bits per heavy atom. The number of anilines is 1. The van der Waals surface area contributed by atoms with Gasteiger partial charge < -0.3 is 10.5 Å². The van der Waals surface area contributed by atoms with E-state index >= 15 is 0 Å². The molecule has 0 unspecified atom stereocenters. The van der Waals surface area contributed by atoms with Gasteiger partial charge >= 0.3 is 0 Å². The first-order valence-electron chi connectivity index (χ1n) is 6.67. The fourth-order valence-electron chi connectivity index (χ4n) is 1.69. The summed E-state index contributed by atoms with van der Waals surface area (Å²) in [5, 5.41) is 2.07. The Morgan fingerprint density at radius 1 is 1.30 bits per heavy atom. The first-order valence-corrected chi connectivity index (χ1v) is 7.55. The molecule has 108 valence electrons. The van der Waals surface area contributed by atoms with Crippen LogP contribution in [-0.4, -0.2) is 16.6 Å². The third-order valence-electron chi connectivity index (χ3n) is 2.98. The van der Waals surface area contributed by atoms with Crippen LogP contribution in [0.25, 0.3) is 0 Å². The molecule has 0 bridgehead atoms. The van der Waals surface area contributed by atoms with E-state index in [1.165, 1.54) is 4.88 Å². The minimum Gasteiger partial charge on any atom is -0.477 e. The van der Waals surface area contributed by atoms with Crippen LogP contribution in [0.3, 0.4) is 0 Å². The van der Waals surface area contributed by atoms with E-state index in [0.717, 1.165) is 12.0 Å². The van der Waals surface area contributed by atoms with Crippen LogP contribution in [0.15, 0.2) is 17.5 Å². The number of nitrogens with two attached hydrogens (primary N) is 1. The topological polar surface area (TPSA) is 61.0 Å². The Balaban J connectivity index is 2.12. The van der Waals surface area contributed by atoms with Gasteiger partial charge in [-0.25, -0.2) is 4.98 Å². The van der Waals surface area contributed by atoms with Crippen molar-refractivity contribution in [3.63, 3.8) is 0 Å². The fourth-order valence-corrected chi connectivity index (χ4v) is 2.38. The van der Waals surface area contributed by atoms with E-state index in [-0.39, 0.29) is 5.41 Å². The van der Waals surface area contributed by atoms with E-state index in [2.05, 4.69) is 42.2 Å².